The summed E-state index contributed by atoms with van der Waals surface area (Å²) >= 11 is 0. The zero-order chi connectivity index (χ0) is 6.10. The van der Waals surface area contributed by atoms with Gasteiger partial charge in [-0.05, 0) is 18.2 Å². The molecule has 0 amide bonds. The number of rotatable bonds is 0. The van der Waals surface area contributed by atoms with Gasteiger partial charge in [0.1, 0.15) is 5.65 Å². The second-order valence-corrected chi connectivity index (χ2v) is 1.92. The van der Waals surface area contributed by atoms with Gasteiger partial charge in [-0.1, -0.05) is 0 Å². The van der Waals surface area contributed by atoms with E-state index in [1.54, 1.807) is 6.20 Å². The Bertz CT molecular complexity index is 286. The normalized spacial score (nSPS) is 9.20. The van der Waals surface area contributed by atoms with Crippen molar-refractivity contribution in [2.75, 3.05) is 0 Å². The maximum atomic E-state index is 4.09. The molecule has 0 bridgehead atoms. The molecule has 0 spiro atoms. The van der Waals surface area contributed by atoms with Gasteiger partial charge < -0.3 is 4.98 Å². The van der Waals surface area contributed by atoms with Crippen LogP contribution in [0.1, 0.15) is 0 Å². The smallest absolute Gasteiger partial charge is 0.137 e. The van der Waals surface area contributed by atoms with E-state index in [1.807, 2.05) is 24.4 Å². The molecular formula is C7H6KN2. The van der Waals surface area contributed by atoms with Crippen LogP contribution in [-0.4, -0.2) is 61.4 Å². The molecule has 0 saturated heterocycles. The molecule has 2 aromatic rings. The number of hydrogen-bond donors (Lipinski definition) is 1. The Morgan fingerprint density at radius 2 is 2.20 bits per heavy atom. The first-order valence-electron chi connectivity index (χ1n) is 2.85. The predicted molar refractivity (Wildman–Crippen MR) is 41.8 cm³/mol. The molecule has 0 aliphatic carbocycles. The molecule has 2 rings (SSSR count). The summed E-state index contributed by atoms with van der Waals surface area (Å²) in [5.41, 5.74) is 0.956. The minimum Gasteiger partial charge on any atom is -0.346 e. The third kappa shape index (κ3) is 1.49. The number of nitrogens with zero attached hydrogens (tertiary/aromatic N) is 1. The van der Waals surface area contributed by atoms with Crippen molar-refractivity contribution < 1.29 is 0 Å². The third-order valence-electron chi connectivity index (χ3n) is 1.32. The molecule has 2 aromatic heterocycles. The standard InChI is InChI=1S/C7H6N2.K/c1-2-6-3-5-9-7(6)8-4-1;/h1-5H,(H,8,9);. The van der Waals surface area contributed by atoms with Crippen molar-refractivity contribution in [2.24, 2.45) is 0 Å². The van der Waals surface area contributed by atoms with Crippen molar-refractivity contribution in [3.63, 3.8) is 0 Å². The van der Waals surface area contributed by atoms with Crippen LogP contribution in [0, 0.1) is 0 Å². The summed E-state index contributed by atoms with van der Waals surface area (Å²) in [6, 6.07) is 5.96. The van der Waals surface area contributed by atoms with Crippen molar-refractivity contribution in [1.29, 1.82) is 0 Å². The van der Waals surface area contributed by atoms with E-state index in [1.165, 1.54) is 0 Å². The molecule has 2 heterocycles. The van der Waals surface area contributed by atoms with E-state index in [9.17, 15) is 0 Å². The Hall–Kier alpha value is 0.326. The van der Waals surface area contributed by atoms with E-state index in [4.69, 9.17) is 0 Å². The van der Waals surface area contributed by atoms with E-state index in [0.717, 1.165) is 11.0 Å². The second-order valence-electron chi connectivity index (χ2n) is 1.92. The maximum Gasteiger partial charge on any atom is 0.137 e. The van der Waals surface area contributed by atoms with E-state index < -0.39 is 0 Å². The van der Waals surface area contributed by atoms with Gasteiger partial charge in [-0.3, -0.25) is 0 Å². The van der Waals surface area contributed by atoms with E-state index in [2.05, 4.69) is 9.97 Å². The SMILES string of the molecule is [K].c1cnc2[nH]ccc2c1. The number of hydrogen-bond acceptors (Lipinski definition) is 1. The first kappa shape index (κ1) is 8.42. The number of fused-ring (bicyclic) bond motifs is 1. The topological polar surface area (TPSA) is 28.7 Å². The molecule has 45 valence electrons. The molecule has 3 heteroatoms. The van der Waals surface area contributed by atoms with E-state index in [-0.39, 0.29) is 51.4 Å². The molecule has 0 atom stereocenters. The van der Waals surface area contributed by atoms with Gasteiger partial charge in [-0.15, -0.1) is 0 Å². The van der Waals surface area contributed by atoms with Crippen molar-refractivity contribution in [3.8, 4) is 0 Å². The van der Waals surface area contributed by atoms with Gasteiger partial charge in [0, 0.05) is 69.2 Å². The number of aromatic amines is 1. The fraction of sp³-hybridized carbons (Fsp3) is 0. The van der Waals surface area contributed by atoms with Gasteiger partial charge in [0.25, 0.3) is 0 Å². The number of nitrogens with one attached hydrogen (secondary N) is 1. The number of aromatic nitrogens is 2. The van der Waals surface area contributed by atoms with Crippen molar-refractivity contribution in [1.82, 2.24) is 9.97 Å². The van der Waals surface area contributed by atoms with Crippen molar-refractivity contribution >= 4 is 62.4 Å². The van der Waals surface area contributed by atoms with Crippen LogP contribution in [0.15, 0.2) is 30.6 Å². The van der Waals surface area contributed by atoms with Gasteiger partial charge in [-0.2, -0.15) is 0 Å². The van der Waals surface area contributed by atoms with Crippen LogP contribution in [0.4, 0.5) is 0 Å². The van der Waals surface area contributed by atoms with Gasteiger partial charge >= 0.3 is 0 Å². The van der Waals surface area contributed by atoms with Gasteiger partial charge in [0.05, 0.1) is 0 Å². The van der Waals surface area contributed by atoms with Gasteiger partial charge in [-0.25, -0.2) is 4.98 Å². The Morgan fingerprint density at radius 3 is 3.00 bits per heavy atom. The molecule has 0 unspecified atom stereocenters. The molecule has 0 aliphatic rings. The second kappa shape index (κ2) is 3.64. The summed E-state index contributed by atoms with van der Waals surface area (Å²) in [5, 5.41) is 1.16. The first-order chi connectivity index (χ1) is 4.47. The van der Waals surface area contributed by atoms with Crippen LogP contribution in [0.3, 0.4) is 0 Å². The van der Waals surface area contributed by atoms with Crippen LogP contribution in [0.25, 0.3) is 11.0 Å². The first-order valence-corrected chi connectivity index (χ1v) is 2.85. The summed E-state index contributed by atoms with van der Waals surface area (Å²) in [6.45, 7) is 0. The number of H-pyrrole nitrogens is 1. The Kier molecular flexibility index (Phi) is 3.07. The molecule has 0 aromatic carbocycles. The van der Waals surface area contributed by atoms with Crippen LogP contribution >= 0.6 is 0 Å². The Labute approximate surface area is 101 Å². The molecule has 10 heavy (non-hydrogen) atoms. The monoisotopic (exact) mass is 157 g/mol. The zero-order valence-electron chi connectivity index (χ0n) is 5.83. The van der Waals surface area contributed by atoms with Crippen molar-refractivity contribution in [3.05, 3.63) is 30.6 Å². The van der Waals surface area contributed by atoms with Crippen molar-refractivity contribution in [2.45, 2.75) is 0 Å². The van der Waals surface area contributed by atoms with Crippen LogP contribution in [-0.2, 0) is 0 Å². The molecule has 0 aliphatic heterocycles. The summed E-state index contributed by atoms with van der Waals surface area (Å²) in [4.78, 5) is 7.09. The Morgan fingerprint density at radius 1 is 1.30 bits per heavy atom. The van der Waals surface area contributed by atoms with Crippen LogP contribution in [0.5, 0.6) is 0 Å². The molecular weight excluding hydrogens is 151 g/mol. The molecule has 1 radical (unpaired) electrons. The van der Waals surface area contributed by atoms with Crippen LogP contribution in [0.2, 0.25) is 0 Å². The Balaban J connectivity index is 0.000000500. The summed E-state index contributed by atoms with van der Waals surface area (Å²) < 4.78 is 0. The summed E-state index contributed by atoms with van der Waals surface area (Å²) in [6.07, 6.45) is 3.66. The molecule has 1 N–H and O–H groups in total. The number of pyridine rings is 1. The predicted octanol–water partition coefficient (Wildman–Crippen LogP) is 1.18. The quantitative estimate of drug-likeness (QED) is 0.572. The summed E-state index contributed by atoms with van der Waals surface area (Å²) in [5.74, 6) is 0. The fourth-order valence-electron chi connectivity index (χ4n) is 0.883. The van der Waals surface area contributed by atoms with Crippen LogP contribution < -0.4 is 0 Å². The summed E-state index contributed by atoms with van der Waals surface area (Å²) in [7, 11) is 0. The largest absolute Gasteiger partial charge is 0.346 e. The van der Waals surface area contributed by atoms with Gasteiger partial charge in [0.2, 0.25) is 0 Å². The minimum absolute atomic E-state index is 0. The average Bonchev–Trinajstić information content (AvgIpc) is 2.33. The minimum atomic E-state index is 0. The average molecular weight is 157 g/mol. The van der Waals surface area contributed by atoms with Gasteiger partial charge in [0.15, 0.2) is 0 Å². The molecule has 0 fully saturated rings. The third-order valence-corrected chi connectivity index (χ3v) is 1.32. The molecule has 0 saturated carbocycles. The van der Waals surface area contributed by atoms with E-state index >= 15 is 0 Å². The maximum absolute atomic E-state index is 4.09. The fourth-order valence-corrected chi connectivity index (χ4v) is 0.883. The van der Waals surface area contributed by atoms with E-state index in [0.29, 0.717) is 0 Å². The zero-order valence-corrected chi connectivity index (χ0v) is 8.96. The molecule has 2 nitrogen and oxygen atoms in total.